The average Bonchev–Trinajstić information content (AvgIpc) is 3.21. The normalized spacial score (nSPS) is 13.7. The third-order valence-corrected chi connectivity index (χ3v) is 4.86. The molecule has 1 amide bonds. The maximum Gasteiger partial charge on any atom is 0.269 e. The fourth-order valence-corrected chi connectivity index (χ4v) is 3.42. The highest BCUT2D eigenvalue weighted by atomic mass is 16.6. The lowest BCUT2D eigenvalue weighted by atomic mass is 10.1. The van der Waals surface area contributed by atoms with Gasteiger partial charge in [-0.15, -0.1) is 0 Å². The zero-order valence-corrected chi connectivity index (χ0v) is 15.4. The monoisotopic (exact) mass is 377 g/mol. The van der Waals surface area contributed by atoms with Gasteiger partial charge in [0.1, 0.15) is 0 Å². The van der Waals surface area contributed by atoms with Crippen molar-refractivity contribution in [1.29, 1.82) is 0 Å². The number of rotatable bonds is 4. The first-order chi connectivity index (χ1) is 13.5. The van der Waals surface area contributed by atoms with E-state index in [0.29, 0.717) is 28.3 Å². The predicted octanol–water partition coefficient (Wildman–Crippen LogP) is 3.70. The summed E-state index contributed by atoms with van der Waals surface area (Å²) in [6.45, 7) is 3.41. The van der Waals surface area contributed by atoms with Crippen LogP contribution in [0, 0.1) is 17.0 Å². The molecule has 0 atom stereocenters. The summed E-state index contributed by atoms with van der Waals surface area (Å²) in [5.74, 6) is 0.699. The van der Waals surface area contributed by atoms with Gasteiger partial charge in [-0.25, -0.2) is 9.97 Å². The van der Waals surface area contributed by atoms with Crippen LogP contribution < -0.4 is 10.2 Å². The zero-order valence-electron chi connectivity index (χ0n) is 15.4. The molecule has 2 heterocycles. The molecule has 8 nitrogen and oxygen atoms in total. The van der Waals surface area contributed by atoms with E-state index in [-0.39, 0.29) is 11.6 Å². The Labute approximate surface area is 161 Å². The van der Waals surface area contributed by atoms with Gasteiger partial charge >= 0.3 is 0 Å². The Morgan fingerprint density at radius 1 is 1.11 bits per heavy atom. The Morgan fingerprint density at radius 3 is 2.43 bits per heavy atom. The van der Waals surface area contributed by atoms with E-state index in [1.54, 1.807) is 6.92 Å². The largest absolute Gasteiger partial charge is 0.354 e. The summed E-state index contributed by atoms with van der Waals surface area (Å²) < 4.78 is 0. The molecule has 1 aliphatic heterocycles. The van der Waals surface area contributed by atoms with Crippen LogP contribution in [0.5, 0.6) is 0 Å². The quantitative estimate of drug-likeness (QED) is 0.549. The number of non-ortho nitro benzene ring substituents is 1. The second-order valence-corrected chi connectivity index (χ2v) is 6.79. The van der Waals surface area contributed by atoms with Gasteiger partial charge in [-0.05, 0) is 43.5 Å². The van der Waals surface area contributed by atoms with Crippen LogP contribution in [0.2, 0.25) is 0 Å². The van der Waals surface area contributed by atoms with Crippen molar-refractivity contribution < 1.29 is 9.72 Å². The van der Waals surface area contributed by atoms with Crippen molar-refractivity contribution in [2.75, 3.05) is 23.3 Å². The molecule has 1 aliphatic rings. The van der Waals surface area contributed by atoms with Gasteiger partial charge in [-0.2, -0.15) is 0 Å². The number of carbonyl (C=O) groups is 1. The molecule has 0 bridgehead atoms. The van der Waals surface area contributed by atoms with Crippen LogP contribution in [-0.4, -0.2) is 33.9 Å². The lowest BCUT2D eigenvalue weighted by molar-refractivity contribution is -0.384. The molecule has 4 rings (SSSR count). The van der Waals surface area contributed by atoms with Gasteiger partial charge in [0.15, 0.2) is 11.6 Å². The molecule has 0 radical (unpaired) electrons. The predicted molar refractivity (Wildman–Crippen MR) is 107 cm³/mol. The number of nitrogens with one attached hydrogen (secondary N) is 1. The maximum atomic E-state index is 12.9. The number of anilines is 2. The van der Waals surface area contributed by atoms with Gasteiger partial charge in [0.25, 0.3) is 11.6 Å². The topological polar surface area (TPSA) is 101 Å². The van der Waals surface area contributed by atoms with E-state index in [4.69, 9.17) is 4.98 Å². The van der Waals surface area contributed by atoms with E-state index in [9.17, 15) is 14.9 Å². The van der Waals surface area contributed by atoms with Gasteiger partial charge < -0.3 is 10.2 Å². The number of nitro groups is 1. The molecule has 1 saturated heterocycles. The summed E-state index contributed by atoms with van der Waals surface area (Å²) in [6.07, 6.45) is 2.15. The van der Waals surface area contributed by atoms with Gasteiger partial charge in [-0.1, -0.05) is 12.1 Å². The van der Waals surface area contributed by atoms with Crippen LogP contribution in [0.15, 0.2) is 42.5 Å². The minimum atomic E-state index is -0.477. The third-order valence-electron chi connectivity index (χ3n) is 4.86. The highest BCUT2D eigenvalue weighted by molar-refractivity contribution is 6.06. The number of nitro benzene ring substituents is 1. The van der Waals surface area contributed by atoms with Gasteiger partial charge in [0.05, 0.1) is 16.0 Å². The number of amides is 1. The van der Waals surface area contributed by atoms with Crippen molar-refractivity contribution in [3.05, 3.63) is 63.7 Å². The molecule has 0 aliphatic carbocycles. The molecule has 3 aromatic rings. The Kier molecular flexibility index (Phi) is 4.60. The van der Waals surface area contributed by atoms with E-state index in [1.165, 1.54) is 18.2 Å². The summed E-state index contributed by atoms with van der Waals surface area (Å²) in [7, 11) is 0. The highest BCUT2D eigenvalue weighted by Gasteiger charge is 2.22. The SMILES string of the molecule is Cc1cc([N+](=O)[O-])ccc1C(=O)Nc1nc2ccccc2nc1N1CCCC1. The lowest BCUT2D eigenvalue weighted by Gasteiger charge is -2.20. The molecule has 1 aromatic heterocycles. The second kappa shape index (κ2) is 7.22. The lowest BCUT2D eigenvalue weighted by Crippen LogP contribution is -2.23. The number of carbonyl (C=O) groups excluding carboxylic acids is 1. The first-order valence-electron chi connectivity index (χ1n) is 9.11. The maximum absolute atomic E-state index is 12.9. The first kappa shape index (κ1) is 17.8. The Morgan fingerprint density at radius 2 is 1.79 bits per heavy atom. The molecule has 0 saturated carbocycles. The van der Waals surface area contributed by atoms with Crippen molar-refractivity contribution in [3.63, 3.8) is 0 Å². The van der Waals surface area contributed by atoms with Gasteiger partial charge in [0, 0.05) is 30.8 Å². The van der Waals surface area contributed by atoms with E-state index in [1.807, 2.05) is 24.3 Å². The van der Waals surface area contributed by atoms with E-state index < -0.39 is 4.92 Å². The molecule has 1 fully saturated rings. The number of benzene rings is 2. The second-order valence-electron chi connectivity index (χ2n) is 6.79. The molecule has 0 spiro atoms. The molecule has 8 heteroatoms. The smallest absolute Gasteiger partial charge is 0.269 e. The van der Waals surface area contributed by atoms with Crippen LogP contribution in [0.3, 0.4) is 0 Å². The Hall–Kier alpha value is -3.55. The number of nitrogens with zero attached hydrogens (tertiary/aromatic N) is 4. The zero-order chi connectivity index (χ0) is 19.7. The number of aromatic nitrogens is 2. The van der Waals surface area contributed by atoms with Crippen molar-refractivity contribution in [1.82, 2.24) is 9.97 Å². The molecule has 28 heavy (non-hydrogen) atoms. The van der Waals surface area contributed by atoms with E-state index in [0.717, 1.165) is 31.4 Å². The number of hydrogen-bond donors (Lipinski definition) is 1. The summed E-state index contributed by atoms with van der Waals surface area (Å²) in [4.78, 5) is 34.8. The van der Waals surface area contributed by atoms with Crippen LogP contribution in [0.1, 0.15) is 28.8 Å². The van der Waals surface area contributed by atoms with Gasteiger partial charge in [-0.3, -0.25) is 14.9 Å². The van der Waals surface area contributed by atoms with Crippen molar-refractivity contribution in [3.8, 4) is 0 Å². The summed E-state index contributed by atoms with van der Waals surface area (Å²) in [5, 5.41) is 13.8. The molecular weight excluding hydrogens is 358 g/mol. The minimum Gasteiger partial charge on any atom is -0.354 e. The Bertz CT molecular complexity index is 1080. The van der Waals surface area contributed by atoms with Crippen molar-refractivity contribution in [2.24, 2.45) is 0 Å². The number of para-hydroxylation sites is 2. The van der Waals surface area contributed by atoms with Crippen molar-refractivity contribution in [2.45, 2.75) is 19.8 Å². The highest BCUT2D eigenvalue weighted by Crippen LogP contribution is 2.28. The molecule has 2 aromatic carbocycles. The summed E-state index contributed by atoms with van der Waals surface area (Å²) in [5.41, 5.74) is 2.32. The molecule has 1 N–H and O–H groups in total. The van der Waals surface area contributed by atoms with Crippen LogP contribution in [-0.2, 0) is 0 Å². The third kappa shape index (κ3) is 3.36. The molecule has 0 unspecified atom stereocenters. The minimum absolute atomic E-state index is 0.0442. The summed E-state index contributed by atoms with van der Waals surface area (Å²) in [6, 6.07) is 11.7. The van der Waals surface area contributed by atoms with Crippen LogP contribution >= 0.6 is 0 Å². The number of fused-ring (bicyclic) bond motifs is 1. The molecule has 142 valence electrons. The van der Waals surface area contributed by atoms with Gasteiger partial charge in [0.2, 0.25) is 0 Å². The fourth-order valence-electron chi connectivity index (χ4n) is 3.42. The van der Waals surface area contributed by atoms with Crippen LogP contribution in [0.25, 0.3) is 11.0 Å². The van der Waals surface area contributed by atoms with E-state index in [2.05, 4.69) is 15.2 Å². The Balaban J connectivity index is 1.71. The summed E-state index contributed by atoms with van der Waals surface area (Å²) >= 11 is 0. The van der Waals surface area contributed by atoms with Crippen molar-refractivity contribution >= 4 is 34.3 Å². The average molecular weight is 377 g/mol. The van der Waals surface area contributed by atoms with Crippen LogP contribution in [0.4, 0.5) is 17.3 Å². The first-order valence-corrected chi connectivity index (χ1v) is 9.11. The van der Waals surface area contributed by atoms with E-state index >= 15 is 0 Å². The fraction of sp³-hybridized carbons (Fsp3) is 0.250. The standard InChI is InChI=1S/C20H19N5O3/c1-13-12-14(25(27)28)8-9-15(13)20(26)23-18-19(24-10-4-5-11-24)22-17-7-3-2-6-16(17)21-18/h2-3,6-9,12H,4-5,10-11H2,1H3,(H,21,23,26). The molecular formula is C20H19N5O3. The number of hydrogen-bond acceptors (Lipinski definition) is 6. The number of aryl methyl sites for hydroxylation is 1.